The highest BCUT2D eigenvalue weighted by molar-refractivity contribution is 5.61. The van der Waals surface area contributed by atoms with E-state index in [1.807, 2.05) is 0 Å². The Morgan fingerprint density at radius 3 is 1.33 bits per heavy atom. The van der Waals surface area contributed by atoms with Crippen LogP contribution in [-0.4, -0.2) is 0 Å². The zero-order chi connectivity index (χ0) is 27.0. The quantitative estimate of drug-likeness (QED) is 0.314. The van der Waals surface area contributed by atoms with E-state index in [0.29, 0.717) is 11.8 Å². The summed E-state index contributed by atoms with van der Waals surface area (Å²) >= 11 is 0. The summed E-state index contributed by atoms with van der Waals surface area (Å²) in [6.45, 7) is 22.7. The minimum Gasteiger partial charge on any atom is -0.398 e. The molecule has 0 radical (unpaired) electrons. The second kappa shape index (κ2) is 10.3. The fourth-order valence-corrected chi connectivity index (χ4v) is 5.37. The third-order valence-corrected chi connectivity index (χ3v) is 8.35. The average Bonchev–Trinajstić information content (AvgIpc) is 2.83. The van der Waals surface area contributed by atoms with Crippen LogP contribution in [0.2, 0.25) is 0 Å². The van der Waals surface area contributed by atoms with Gasteiger partial charge in [-0.2, -0.15) is 0 Å². The Labute approximate surface area is 220 Å². The van der Waals surface area contributed by atoms with Crippen molar-refractivity contribution in [3.63, 3.8) is 0 Å². The Bertz CT molecular complexity index is 1170. The fraction of sp³-hybridized carbons (Fsp3) is 0.471. The van der Waals surface area contributed by atoms with E-state index in [-0.39, 0.29) is 10.8 Å². The molecule has 0 spiro atoms. The molecule has 0 amide bonds. The van der Waals surface area contributed by atoms with Crippen LogP contribution in [0.5, 0.6) is 0 Å². The van der Waals surface area contributed by atoms with E-state index < -0.39 is 0 Å². The number of hydrogen-bond donors (Lipinski definition) is 2. The van der Waals surface area contributed by atoms with E-state index >= 15 is 0 Å². The fourth-order valence-electron chi connectivity index (χ4n) is 5.37. The molecule has 0 aromatic heterocycles. The van der Waals surface area contributed by atoms with Gasteiger partial charge in [0.05, 0.1) is 0 Å². The molecule has 0 fully saturated rings. The number of nitrogens with two attached hydrogens (primary N) is 2. The van der Waals surface area contributed by atoms with E-state index in [1.54, 1.807) is 0 Å². The molecule has 2 nitrogen and oxygen atoms in total. The molecule has 0 saturated heterocycles. The van der Waals surface area contributed by atoms with E-state index in [9.17, 15) is 0 Å². The van der Waals surface area contributed by atoms with E-state index in [2.05, 4.69) is 118 Å². The first-order valence-corrected chi connectivity index (χ1v) is 13.7. The summed E-state index contributed by atoms with van der Waals surface area (Å²) in [7, 11) is 0. The lowest BCUT2D eigenvalue weighted by Crippen LogP contribution is -2.24. The molecule has 0 atom stereocenters. The van der Waals surface area contributed by atoms with Crippen LogP contribution in [0.4, 0.5) is 11.4 Å². The second-order valence-corrected chi connectivity index (χ2v) is 12.1. The number of aryl methyl sites for hydroxylation is 2. The van der Waals surface area contributed by atoms with Gasteiger partial charge in [-0.05, 0) is 69.2 Å². The Balaban J connectivity index is 2.15. The molecular weight excluding hydrogens is 436 g/mol. The van der Waals surface area contributed by atoms with Crippen LogP contribution in [0.15, 0.2) is 48.5 Å². The molecule has 194 valence electrons. The Morgan fingerprint density at radius 1 is 0.583 bits per heavy atom. The molecule has 3 aromatic carbocycles. The molecule has 0 unspecified atom stereocenters. The minimum atomic E-state index is -0.155. The van der Waals surface area contributed by atoms with Crippen molar-refractivity contribution in [2.75, 3.05) is 11.5 Å². The van der Waals surface area contributed by atoms with Gasteiger partial charge in [0.15, 0.2) is 0 Å². The third-order valence-electron chi connectivity index (χ3n) is 8.35. The maximum atomic E-state index is 6.63. The Morgan fingerprint density at radius 2 is 0.972 bits per heavy atom. The SMILES string of the molecule is CCc1cc(C(C)(C)c2cccc(C(C)(C)c3cc(C(C)C)c(N)c(C(C)C)c3)c2)cc(CC)c1N. The molecule has 0 bridgehead atoms. The second-order valence-electron chi connectivity index (χ2n) is 12.1. The van der Waals surface area contributed by atoms with Crippen molar-refractivity contribution in [3.8, 4) is 0 Å². The van der Waals surface area contributed by atoms with Gasteiger partial charge in [-0.25, -0.2) is 0 Å². The number of benzene rings is 3. The standard InChI is InChI=1S/C34H48N2/c1-11-23-16-27(17-24(12-2)31(23)35)33(7,8)25-14-13-15-26(18-25)34(9,10)28-19-29(21(3)4)32(36)30(20-28)22(5)6/h13-22H,11-12,35-36H2,1-10H3. The van der Waals surface area contributed by atoms with Crippen LogP contribution in [0, 0.1) is 0 Å². The molecular formula is C34H48N2. The van der Waals surface area contributed by atoms with Crippen LogP contribution < -0.4 is 11.5 Å². The molecule has 0 aliphatic rings. The van der Waals surface area contributed by atoms with Crippen LogP contribution >= 0.6 is 0 Å². The van der Waals surface area contributed by atoms with Crippen LogP contribution in [0.25, 0.3) is 0 Å². The van der Waals surface area contributed by atoms with Gasteiger partial charge >= 0.3 is 0 Å². The molecule has 2 heteroatoms. The normalized spacial score (nSPS) is 12.6. The lowest BCUT2D eigenvalue weighted by atomic mass is 9.72. The average molecular weight is 485 g/mol. The largest absolute Gasteiger partial charge is 0.398 e. The van der Waals surface area contributed by atoms with Gasteiger partial charge < -0.3 is 11.5 Å². The van der Waals surface area contributed by atoms with Crippen molar-refractivity contribution in [1.29, 1.82) is 0 Å². The Hall–Kier alpha value is -2.74. The highest BCUT2D eigenvalue weighted by Crippen LogP contribution is 2.41. The summed E-state index contributed by atoms with van der Waals surface area (Å²) in [5.74, 6) is 0.768. The van der Waals surface area contributed by atoms with Gasteiger partial charge in [0.2, 0.25) is 0 Å². The van der Waals surface area contributed by atoms with Gasteiger partial charge in [-0.3, -0.25) is 0 Å². The maximum Gasteiger partial charge on any atom is 0.0384 e. The highest BCUT2D eigenvalue weighted by atomic mass is 14.6. The summed E-state index contributed by atoms with van der Waals surface area (Å²) in [5, 5.41) is 0. The minimum absolute atomic E-state index is 0.138. The van der Waals surface area contributed by atoms with Crippen LogP contribution in [0.3, 0.4) is 0 Å². The number of rotatable bonds is 8. The first-order valence-electron chi connectivity index (χ1n) is 13.7. The molecule has 3 rings (SSSR count). The lowest BCUT2D eigenvalue weighted by Gasteiger charge is -2.32. The Kier molecular flexibility index (Phi) is 7.98. The number of hydrogen-bond acceptors (Lipinski definition) is 2. The molecule has 0 aliphatic carbocycles. The summed E-state index contributed by atoms with van der Waals surface area (Å²) in [6.07, 6.45) is 1.90. The van der Waals surface area contributed by atoms with Gasteiger partial charge in [0, 0.05) is 22.2 Å². The van der Waals surface area contributed by atoms with Gasteiger partial charge in [-0.1, -0.05) is 118 Å². The van der Waals surface area contributed by atoms with Gasteiger partial charge in [0.1, 0.15) is 0 Å². The van der Waals surface area contributed by atoms with Crippen molar-refractivity contribution in [3.05, 3.63) is 93.0 Å². The molecule has 36 heavy (non-hydrogen) atoms. The first-order chi connectivity index (χ1) is 16.7. The zero-order valence-electron chi connectivity index (χ0n) is 24.3. The smallest absolute Gasteiger partial charge is 0.0384 e. The van der Waals surface area contributed by atoms with Crippen molar-refractivity contribution < 1.29 is 0 Å². The van der Waals surface area contributed by atoms with Crippen molar-refractivity contribution in [1.82, 2.24) is 0 Å². The van der Waals surface area contributed by atoms with Crippen molar-refractivity contribution >= 4 is 11.4 Å². The predicted molar refractivity (Wildman–Crippen MR) is 159 cm³/mol. The number of anilines is 2. The molecule has 4 N–H and O–H groups in total. The van der Waals surface area contributed by atoms with Crippen LogP contribution in [0.1, 0.15) is 126 Å². The monoisotopic (exact) mass is 484 g/mol. The first kappa shape index (κ1) is 27.8. The summed E-state index contributed by atoms with van der Waals surface area (Å²) < 4.78 is 0. The van der Waals surface area contributed by atoms with Gasteiger partial charge in [-0.15, -0.1) is 0 Å². The van der Waals surface area contributed by atoms with E-state index in [0.717, 1.165) is 24.2 Å². The topological polar surface area (TPSA) is 52.0 Å². The summed E-state index contributed by atoms with van der Waals surface area (Å²) in [4.78, 5) is 0. The third kappa shape index (κ3) is 5.05. The molecule has 0 aliphatic heterocycles. The van der Waals surface area contributed by atoms with Crippen molar-refractivity contribution in [2.24, 2.45) is 0 Å². The number of nitrogen functional groups attached to an aromatic ring is 2. The summed E-state index contributed by atoms with van der Waals surface area (Å²) in [5.41, 5.74) is 25.0. The van der Waals surface area contributed by atoms with E-state index in [1.165, 1.54) is 44.5 Å². The van der Waals surface area contributed by atoms with Gasteiger partial charge in [0.25, 0.3) is 0 Å². The molecule has 0 saturated carbocycles. The van der Waals surface area contributed by atoms with E-state index in [4.69, 9.17) is 11.5 Å². The molecule has 0 heterocycles. The summed E-state index contributed by atoms with van der Waals surface area (Å²) in [6, 6.07) is 18.5. The lowest BCUT2D eigenvalue weighted by molar-refractivity contribution is 0.614. The predicted octanol–water partition coefficient (Wildman–Crippen LogP) is 8.87. The zero-order valence-corrected chi connectivity index (χ0v) is 24.3. The molecule has 3 aromatic rings. The van der Waals surface area contributed by atoms with Crippen LogP contribution in [-0.2, 0) is 23.7 Å². The highest BCUT2D eigenvalue weighted by Gasteiger charge is 2.30. The maximum absolute atomic E-state index is 6.63. The van der Waals surface area contributed by atoms with Crippen molar-refractivity contribution in [2.45, 2.75) is 105 Å².